The average Bonchev–Trinajstić information content (AvgIpc) is 2.52. The van der Waals surface area contributed by atoms with Crippen molar-refractivity contribution in [1.82, 2.24) is 4.90 Å². The topological polar surface area (TPSA) is 57.6 Å². The summed E-state index contributed by atoms with van der Waals surface area (Å²) >= 11 is 0. The highest BCUT2D eigenvalue weighted by Crippen LogP contribution is 2.38. The van der Waals surface area contributed by atoms with Crippen LogP contribution in [0, 0.1) is 0 Å². The Bertz CT molecular complexity index is 384. The third-order valence-corrected chi connectivity index (χ3v) is 3.68. The Morgan fingerprint density at radius 3 is 2.76 bits per heavy atom. The summed E-state index contributed by atoms with van der Waals surface area (Å²) in [4.78, 5) is 25.0. The predicted molar refractivity (Wildman–Crippen MR) is 63.5 cm³/mol. The van der Waals surface area contributed by atoms with Crippen LogP contribution in [0.3, 0.4) is 0 Å². The molecule has 17 heavy (non-hydrogen) atoms. The molecule has 4 nitrogen and oxygen atoms in total. The first kappa shape index (κ1) is 12.1. The number of aliphatic carboxylic acids is 1. The standard InChI is InChI=1S/C13H19NO3/c1-8(2)14-11-6-4-3-5-9(11)10(13(14)17)7-12(15)16/h8,11H,3-7H2,1-2H3,(H,15,16)/t11-/m1/s1. The van der Waals surface area contributed by atoms with E-state index in [0.29, 0.717) is 5.57 Å². The number of carboxylic acids is 1. The average molecular weight is 237 g/mol. The number of hydrogen-bond acceptors (Lipinski definition) is 2. The van der Waals surface area contributed by atoms with Crippen LogP contribution in [-0.4, -0.2) is 34.0 Å². The van der Waals surface area contributed by atoms with Gasteiger partial charge in [-0.2, -0.15) is 0 Å². The molecule has 1 fully saturated rings. The lowest BCUT2D eigenvalue weighted by atomic mass is 9.88. The third-order valence-electron chi connectivity index (χ3n) is 3.68. The molecule has 0 spiro atoms. The lowest BCUT2D eigenvalue weighted by molar-refractivity contribution is -0.138. The number of carboxylic acid groups (broad SMARTS) is 1. The van der Waals surface area contributed by atoms with E-state index < -0.39 is 5.97 Å². The number of fused-ring (bicyclic) bond motifs is 1. The van der Waals surface area contributed by atoms with E-state index in [-0.39, 0.29) is 24.4 Å². The first-order valence-electron chi connectivity index (χ1n) is 6.28. The van der Waals surface area contributed by atoms with Crippen molar-refractivity contribution < 1.29 is 14.7 Å². The van der Waals surface area contributed by atoms with Gasteiger partial charge in [-0.15, -0.1) is 0 Å². The maximum absolute atomic E-state index is 12.3. The first-order chi connectivity index (χ1) is 8.02. The second-order valence-corrected chi connectivity index (χ2v) is 5.14. The van der Waals surface area contributed by atoms with Gasteiger partial charge >= 0.3 is 5.97 Å². The molecule has 0 aromatic carbocycles. The molecule has 2 rings (SSSR count). The Morgan fingerprint density at radius 2 is 2.18 bits per heavy atom. The smallest absolute Gasteiger partial charge is 0.308 e. The van der Waals surface area contributed by atoms with E-state index in [1.807, 2.05) is 18.7 Å². The van der Waals surface area contributed by atoms with Gasteiger partial charge in [0.05, 0.1) is 12.5 Å². The number of amides is 1. The number of carbonyl (C=O) groups is 2. The molecule has 1 amide bonds. The van der Waals surface area contributed by atoms with Crippen molar-refractivity contribution in [3.05, 3.63) is 11.1 Å². The molecule has 0 unspecified atom stereocenters. The van der Waals surface area contributed by atoms with Gasteiger partial charge in [0.15, 0.2) is 0 Å². The van der Waals surface area contributed by atoms with Gasteiger partial charge in [-0.1, -0.05) is 6.42 Å². The van der Waals surface area contributed by atoms with Crippen LogP contribution < -0.4 is 0 Å². The fraction of sp³-hybridized carbons (Fsp3) is 0.692. The maximum Gasteiger partial charge on any atom is 0.308 e. The molecule has 1 heterocycles. The molecule has 1 atom stereocenters. The van der Waals surface area contributed by atoms with E-state index in [1.165, 1.54) is 0 Å². The highest BCUT2D eigenvalue weighted by Gasteiger charge is 2.41. The minimum absolute atomic E-state index is 0.0516. The highest BCUT2D eigenvalue weighted by atomic mass is 16.4. The molecule has 0 radical (unpaired) electrons. The zero-order valence-corrected chi connectivity index (χ0v) is 10.4. The van der Waals surface area contributed by atoms with Crippen molar-refractivity contribution in [3.8, 4) is 0 Å². The van der Waals surface area contributed by atoms with Crippen LogP contribution in [0.15, 0.2) is 11.1 Å². The summed E-state index contributed by atoms with van der Waals surface area (Å²) in [7, 11) is 0. The van der Waals surface area contributed by atoms with Gasteiger partial charge in [-0.3, -0.25) is 9.59 Å². The van der Waals surface area contributed by atoms with Gasteiger partial charge < -0.3 is 10.0 Å². The van der Waals surface area contributed by atoms with Crippen LogP contribution in [-0.2, 0) is 9.59 Å². The Hall–Kier alpha value is -1.32. The molecule has 0 aromatic heterocycles. The lowest BCUT2D eigenvalue weighted by Crippen LogP contribution is -2.41. The Kier molecular flexibility index (Phi) is 3.22. The molecule has 4 heteroatoms. The maximum atomic E-state index is 12.3. The highest BCUT2D eigenvalue weighted by molar-refractivity contribution is 6.01. The second kappa shape index (κ2) is 4.51. The first-order valence-corrected chi connectivity index (χ1v) is 6.28. The van der Waals surface area contributed by atoms with Crippen LogP contribution in [0.2, 0.25) is 0 Å². The van der Waals surface area contributed by atoms with Crippen molar-refractivity contribution in [3.63, 3.8) is 0 Å². The van der Waals surface area contributed by atoms with E-state index in [1.54, 1.807) is 0 Å². The number of rotatable bonds is 3. The predicted octanol–water partition coefficient (Wildman–Crippen LogP) is 1.95. The van der Waals surface area contributed by atoms with E-state index in [0.717, 1.165) is 31.3 Å². The van der Waals surface area contributed by atoms with Gasteiger partial charge in [0.2, 0.25) is 0 Å². The summed E-state index contributed by atoms with van der Waals surface area (Å²) < 4.78 is 0. The molecule has 2 aliphatic rings. The number of nitrogens with zero attached hydrogens (tertiary/aromatic N) is 1. The summed E-state index contributed by atoms with van der Waals surface area (Å²) in [5, 5.41) is 8.90. The van der Waals surface area contributed by atoms with E-state index in [4.69, 9.17) is 5.11 Å². The van der Waals surface area contributed by atoms with Crippen LogP contribution >= 0.6 is 0 Å². The summed E-state index contributed by atoms with van der Waals surface area (Å²) in [5.41, 5.74) is 1.65. The number of hydrogen-bond donors (Lipinski definition) is 1. The summed E-state index contributed by atoms with van der Waals surface area (Å²) in [5.74, 6) is -0.958. The van der Waals surface area contributed by atoms with E-state index >= 15 is 0 Å². The molecule has 1 aliphatic heterocycles. The Labute approximate surface area is 101 Å². The van der Waals surface area contributed by atoms with Gasteiger partial charge in [-0.25, -0.2) is 0 Å². The van der Waals surface area contributed by atoms with Crippen LogP contribution in [0.1, 0.15) is 46.0 Å². The fourth-order valence-electron chi connectivity index (χ4n) is 3.02. The number of carbonyl (C=O) groups excluding carboxylic acids is 1. The minimum Gasteiger partial charge on any atom is -0.481 e. The van der Waals surface area contributed by atoms with Gasteiger partial charge in [0.1, 0.15) is 0 Å². The molecular formula is C13H19NO3. The zero-order chi connectivity index (χ0) is 12.6. The van der Waals surface area contributed by atoms with Crippen molar-refractivity contribution >= 4 is 11.9 Å². The summed E-state index contributed by atoms with van der Waals surface area (Å²) in [6.07, 6.45) is 3.97. The van der Waals surface area contributed by atoms with Gasteiger partial charge in [0.25, 0.3) is 5.91 Å². The van der Waals surface area contributed by atoms with Crippen molar-refractivity contribution in [1.29, 1.82) is 0 Å². The van der Waals surface area contributed by atoms with Crippen LogP contribution in [0.5, 0.6) is 0 Å². The fourth-order valence-corrected chi connectivity index (χ4v) is 3.02. The zero-order valence-electron chi connectivity index (χ0n) is 10.4. The molecule has 1 saturated carbocycles. The van der Waals surface area contributed by atoms with Crippen molar-refractivity contribution in [2.75, 3.05) is 0 Å². The quantitative estimate of drug-likeness (QED) is 0.816. The molecule has 0 saturated heterocycles. The molecule has 1 N–H and O–H groups in total. The SMILES string of the molecule is CC(C)N1C(=O)C(CC(=O)O)=C2CCCC[C@H]21. The molecule has 0 bridgehead atoms. The van der Waals surface area contributed by atoms with Gasteiger partial charge in [-0.05, 0) is 38.7 Å². The molecule has 94 valence electrons. The van der Waals surface area contributed by atoms with Crippen molar-refractivity contribution in [2.24, 2.45) is 0 Å². The Balaban J connectivity index is 2.33. The molecule has 0 aromatic rings. The Morgan fingerprint density at radius 1 is 1.47 bits per heavy atom. The lowest BCUT2D eigenvalue weighted by Gasteiger charge is -2.33. The monoisotopic (exact) mass is 237 g/mol. The summed E-state index contributed by atoms with van der Waals surface area (Å²) in [6.45, 7) is 3.99. The van der Waals surface area contributed by atoms with Crippen LogP contribution in [0.4, 0.5) is 0 Å². The normalized spacial score (nSPS) is 24.5. The second-order valence-electron chi connectivity index (χ2n) is 5.14. The third kappa shape index (κ3) is 2.08. The molecule has 1 aliphatic carbocycles. The largest absolute Gasteiger partial charge is 0.481 e. The van der Waals surface area contributed by atoms with Gasteiger partial charge in [0, 0.05) is 11.6 Å². The minimum atomic E-state index is -0.907. The van der Waals surface area contributed by atoms with Crippen LogP contribution in [0.25, 0.3) is 0 Å². The van der Waals surface area contributed by atoms with E-state index in [9.17, 15) is 9.59 Å². The van der Waals surface area contributed by atoms with Crippen molar-refractivity contribution in [2.45, 2.75) is 58.0 Å². The molecular weight excluding hydrogens is 218 g/mol. The van der Waals surface area contributed by atoms with E-state index in [2.05, 4.69) is 0 Å². The summed E-state index contributed by atoms with van der Waals surface area (Å²) in [6, 6.07) is 0.317.